The molecule has 0 unspecified atom stereocenters. The van der Waals surface area contributed by atoms with E-state index >= 15 is 0 Å². The van der Waals surface area contributed by atoms with Gasteiger partial charge in [-0.1, -0.05) is 36.4 Å². The fourth-order valence-corrected chi connectivity index (χ4v) is 3.22. The first kappa shape index (κ1) is 11.6. The molecule has 5 rings (SSSR count). The van der Waals surface area contributed by atoms with Gasteiger partial charge in [0.2, 0.25) is 0 Å². The normalized spacial score (nSPS) is 11.6. The van der Waals surface area contributed by atoms with Crippen molar-refractivity contribution in [2.45, 2.75) is 0 Å². The van der Waals surface area contributed by atoms with E-state index in [0.29, 0.717) is 0 Å². The number of benzene rings is 3. The standard InChI is InChI=1S/C20H12N2/c1-2-5-14-13(4-1)7-8-19-16(14)12-17-15-6-3-11-21-18(15)9-10-20(17)22-19/h1-12H. The predicted octanol–water partition coefficient (Wildman–Crippen LogP) is 5.09. The summed E-state index contributed by atoms with van der Waals surface area (Å²) in [5, 5.41) is 6.00. The van der Waals surface area contributed by atoms with E-state index in [0.717, 1.165) is 27.3 Å². The number of nitrogens with zero attached hydrogens (tertiary/aromatic N) is 2. The van der Waals surface area contributed by atoms with Crippen LogP contribution in [0.3, 0.4) is 0 Å². The molecule has 0 saturated heterocycles. The summed E-state index contributed by atoms with van der Waals surface area (Å²) in [7, 11) is 0. The maximum absolute atomic E-state index is 4.85. The molecule has 5 aromatic rings. The van der Waals surface area contributed by atoms with Crippen LogP contribution in [0.1, 0.15) is 0 Å². The van der Waals surface area contributed by atoms with Crippen LogP contribution in [-0.4, -0.2) is 9.97 Å². The summed E-state index contributed by atoms with van der Waals surface area (Å²) in [4.78, 5) is 9.30. The Balaban J connectivity index is 2.05. The number of pyridine rings is 2. The average molecular weight is 280 g/mol. The fourth-order valence-electron chi connectivity index (χ4n) is 3.22. The van der Waals surface area contributed by atoms with Gasteiger partial charge >= 0.3 is 0 Å². The molecule has 0 radical (unpaired) electrons. The second-order valence-corrected chi connectivity index (χ2v) is 5.54. The van der Waals surface area contributed by atoms with Gasteiger partial charge in [-0.05, 0) is 41.1 Å². The first-order valence-corrected chi connectivity index (χ1v) is 7.36. The van der Waals surface area contributed by atoms with Crippen LogP contribution in [0.25, 0.3) is 43.5 Å². The Morgan fingerprint density at radius 3 is 2.23 bits per heavy atom. The first-order chi connectivity index (χ1) is 10.9. The van der Waals surface area contributed by atoms with E-state index in [4.69, 9.17) is 4.98 Å². The molecule has 0 fully saturated rings. The van der Waals surface area contributed by atoms with Gasteiger partial charge in [0.15, 0.2) is 0 Å². The molecule has 0 amide bonds. The largest absolute Gasteiger partial charge is 0.256 e. The van der Waals surface area contributed by atoms with E-state index in [2.05, 4.69) is 59.6 Å². The number of aromatic nitrogens is 2. The highest BCUT2D eigenvalue weighted by molar-refractivity contribution is 6.14. The van der Waals surface area contributed by atoms with Crippen LogP contribution in [0.4, 0.5) is 0 Å². The van der Waals surface area contributed by atoms with Crippen molar-refractivity contribution < 1.29 is 0 Å². The molecule has 0 N–H and O–H groups in total. The highest BCUT2D eigenvalue weighted by atomic mass is 14.7. The summed E-state index contributed by atoms with van der Waals surface area (Å²) in [5.74, 6) is 0. The van der Waals surface area contributed by atoms with Gasteiger partial charge in [-0.15, -0.1) is 0 Å². The van der Waals surface area contributed by atoms with Crippen LogP contribution in [0.5, 0.6) is 0 Å². The molecule has 0 aliphatic heterocycles. The van der Waals surface area contributed by atoms with Crippen molar-refractivity contribution in [1.82, 2.24) is 9.97 Å². The van der Waals surface area contributed by atoms with Crippen molar-refractivity contribution in [3.8, 4) is 0 Å². The summed E-state index contributed by atoms with van der Waals surface area (Å²) in [6, 6.07) is 23.1. The maximum atomic E-state index is 4.85. The van der Waals surface area contributed by atoms with E-state index in [-0.39, 0.29) is 0 Å². The Labute approximate surface area is 127 Å². The smallest absolute Gasteiger partial charge is 0.0717 e. The molecule has 22 heavy (non-hydrogen) atoms. The van der Waals surface area contributed by atoms with Crippen LogP contribution in [0.15, 0.2) is 72.9 Å². The Morgan fingerprint density at radius 2 is 1.27 bits per heavy atom. The summed E-state index contributed by atoms with van der Waals surface area (Å²) >= 11 is 0. The minimum atomic E-state index is 1.01. The minimum Gasteiger partial charge on any atom is -0.256 e. The van der Waals surface area contributed by atoms with Crippen LogP contribution < -0.4 is 0 Å². The van der Waals surface area contributed by atoms with E-state index < -0.39 is 0 Å². The van der Waals surface area contributed by atoms with Gasteiger partial charge in [-0.3, -0.25) is 4.98 Å². The zero-order chi connectivity index (χ0) is 14.5. The number of hydrogen-bond acceptors (Lipinski definition) is 2. The Morgan fingerprint density at radius 1 is 0.545 bits per heavy atom. The number of fused-ring (bicyclic) bond motifs is 6. The highest BCUT2D eigenvalue weighted by Crippen LogP contribution is 2.30. The van der Waals surface area contributed by atoms with E-state index in [9.17, 15) is 0 Å². The third-order valence-corrected chi connectivity index (χ3v) is 4.28. The third kappa shape index (κ3) is 1.55. The quantitative estimate of drug-likeness (QED) is 0.292. The van der Waals surface area contributed by atoms with Crippen LogP contribution in [0, 0.1) is 0 Å². The van der Waals surface area contributed by atoms with Gasteiger partial charge < -0.3 is 0 Å². The molecular weight excluding hydrogens is 268 g/mol. The Bertz CT molecular complexity index is 1080. The average Bonchev–Trinajstić information content (AvgIpc) is 2.60. The SMILES string of the molecule is c1ccc2c(c1)ccc1nc3ccc4ncccc4c3cc12. The summed E-state index contributed by atoms with van der Waals surface area (Å²) in [6.07, 6.45) is 1.83. The van der Waals surface area contributed by atoms with Crippen molar-refractivity contribution in [3.05, 3.63) is 72.9 Å². The first-order valence-electron chi connectivity index (χ1n) is 7.36. The Kier molecular flexibility index (Phi) is 2.25. The lowest BCUT2D eigenvalue weighted by Crippen LogP contribution is -1.86. The van der Waals surface area contributed by atoms with Crippen molar-refractivity contribution in [1.29, 1.82) is 0 Å². The molecule has 3 aromatic carbocycles. The minimum absolute atomic E-state index is 1.01. The summed E-state index contributed by atoms with van der Waals surface area (Å²) in [6.45, 7) is 0. The van der Waals surface area contributed by atoms with Gasteiger partial charge in [0.25, 0.3) is 0 Å². The van der Waals surface area contributed by atoms with Gasteiger partial charge in [-0.25, -0.2) is 4.98 Å². The van der Waals surface area contributed by atoms with Crippen molar-refractivity contribution >= 4 is 43.5 Å². The van der Waals surface area contributed by atoms with Gasteiger partial charge in [0.1, 0.15) is 0 Å². The van der Waals surface area contributed by atoms with Crippen LogP contribution in [0.2, 0.25) is 0 Å². The lowest BCUT2D eigenvalue weighted by molar-refractivity contribution is 1.41. The molecule has 0 spiro atoms. The van der Waals surface area contributed by atoms with Gasteiger partial charge in [-0.2, -0.15) is 0 Å². The molecule has 0 saturated carbocycles. The van der Waals surface area contributed by atoms with Crippen LogP contribution in [-0.2, 0) is 0 Å². The molecule has 2 heteroatoms. The summed E-state index contributed by atoms with van der Waals surface area (Å²) in [5.41, 5.74) is 3.06. The second kappa shape index (κ2) is 4.25. The lowest BCUT2D eigenvalue weighted by atomic mass is 10.0. The molecule has 0 atom stereocenters. The van der Waals surface area contributed by atoms with E-state index in [1.54, 1.807) is 0 Å². The lowest BCUT2D eigenvalue weighted by Gasteiger charge is -2.07. The molecule has 0 aliphatic carbocycles. The van der Waals surface area contributed by atoms with E-state index in [1.807, 2.05) is 18.3 Å². The van der Waals surface area contributed by atoms with Crippen LogP contribution >= 0.6 is 0 Å². The molecule has 2 aromatic heterocycles. The molecule has 0 aliphatic rings. The van der Waals surface area contributed by atoms with Crippen molar-refractivity contribution in [2.24, 2.45) is 0 Å². The Hall–Kier alpha value is -3.00. The topological polar surface area (TPSA) is 25.8 Å². The van der Waals surface area contributed by atoms with Crippen molar-refractivity contribution in [2.75, 3.05) is 0 Å². The monoisotopic (exact) mass is 280 g/mol. The summed E-state index contributed by atoms with van der Waals surface area (Å²) < 4.78 is 0. The maximum Gasteiger partial charge on any atom is 0.0717 e. The molecule has 0 bridgehead atoms. The fraction of sp³-hybridized carbons (Fsp3) is 0. The van der Waals surface area contributed by atoms with Gasteiger partial charge in [0.05, 0.1) is 16.6 Å². The van der Waals surface area contributed by atoms with Gasteiger partial charge in [0, 0.05) is 22.4 Å². The number of rotatable bonds is 0. The zero-order valence-corrected chi connectivity index (χ0v) is 11.8. The predicted molar refractivity (Wildman–Crippen MR) is 92.1 cm³/mol. The highest BCUT2D eigenvalue weighted by Gasteiger charge is 2.06. The van der Waals surface area contributed by atoms with E-state index in [1.165, 1.54) is 16.2 Å². The van der Waals surface area contributed by atoms with Crippen molar-refractivity contribution in [3.63, 3.8) is 0 Å². The molecule has 102 valence electrons. The molecular formula is C20H12N2. The number of hydrogen-bond donors (Lipinski definition) is 0. The molecule has 2 heterocycles. The molecule has 2 nitrogen and oxygen atoms in total. The second-order valence-electron chi connectivity index (χ2n) is 5.54. The zero-order valence-electron chi connectivity index (χ0n) is 11.8. The third-order valence-electron chi connectivity index (χ3n) is 4.28.